The van der Waals surface area contributed by atoms with Crippen molar-refractivity contribution >= 4 is 22.4 Å². The van der Waals surface area contributed by atoms with Crippen LogP contribution in [-0.4, -0.2) is 17.7 Å². The summed E-state index contributed by atoms with van der Waals surface area (Å²) in [6, 6.07) is 5.17. The first-order valence-corrected chi connectivity index (χ1v) is 8.45. The summed E-state index contributed by atoms with van der Waals surface area (Å²) in [6.45, 7) is 3.27. The largest absolute Gasteiger partial charge is 0.491 e. The van der Waals surface area contributed by atoms with Crippen LogP contribution in [-0.2, 0) is 8.98 Å². The molecular formula is C15H14F6O2S. The molecule has 1 aromatic carbocycles. The van der Waals surface area contributed by atoms with Gasteiger partial charge in [0.15, 0.2) is 0 Å². The Morgan fingerprint density at radius 3 is 2.21 bits per heavy atom. The Morgan fingerprint density at radius 1 is 1.12 bits per heavy atom. The molecule has 1 aromatic rings. The van der Waals surface area contributed by atoms with Crippen molar-refractivity contribution in [2.24, 2.45) is 5.92 Å². The standard InChI is InChI=1S/C15H14F6O2S/c1-9(2)7-11-8-10-5-3-4-6-12(10)24(11,15(19,20)21)23-13(22)14(16,17)18/h3-6,8-9H,7H2,1-2H3. The van der Waals surface area contributed by atoms with E-state index >= 15 is 0 Å². The fraction of sp³-hybridized carbons (Fsp3) is 0.400. The lowest BCUT2D eigenvalue weighted by atomic mass is 10.1. The van der Waals surface area contributed by atoms with Gasteiger partial charge in [-0.15, -0.1) is 0 Å². The summed E-state index contributed by atoms with van der Waals surface area (Å²) in [5, 5.41) is 0. The number of benzene rings is 1. The van der Waals surface area contributed by atoms with Crippen LogP contribution in [0.1, 0.15) is 25.8 Å². The zero-order valence-electron chi connectivity index (χ0n) is 12.7. The van der Waals surface area contributed by atoms with E-state index in [4.69, 9.17) is 0 Å². The molecule has 0 spiro atoms. The molecule has 0 radical (unpaired) electrons. The predicted molar refractivity (Wildman–Crippen MR) is 77.9 cm³/mol. The number of halogens is 6. The van der Waals surface area contributed by atoms with E-state index in [0.29, 0.717) is 0 Å². The normalized spacial score (nSPS) is 23.5. The Kier molecular flexibility index (Phi) is 4.69. The maximum Gasteiger partial charge on any atom is 0.491 e. The van der Waals surface area contributed by atoms with Crippen molar-refractivity contribution in [3.8, 4) is 0 Å². The fourth-order valence-corrected chi connectivity index (χ4v) is 5.45. The number of fused-ring (bicyclic) bond motifs is 1. The van der Waals surface area contributed by atoms with Crippen molar-refractivity contribution in [3.05, 3.63) is 34.7 Å². The number of alkyl halides is 6. The van der Waals surface area contributed by atoms with Gasteiger partial charge in [-0.05, 0) is 30.0 Å². The van der Waals surface area contributed by atoms with Crippen molar-refractivity contribution in [2.75, 3.05) is 0 Å². The number of carbonyl (C=O) groups excluding carboxylic acids is 1. The Morgan fingerprint density at radius 2 is 1.71 bits per heavy atom. The molecule has 9 heteroatoms. The molecule has 0 saturated heterocycles. The molecule has 0 N–H and O–H groups in total. The van der Waals surface area contributed by atoms with Gasteiger partial charge >= 0.3 is 17.7 Å². The average molecular weight is 372 g/mol. The van der Waals surface area contributed by atoms with Crippen LogP contribution in [0.15, 0.2) is 34.1 Å². The molecule has 24 heavy (non-hydrogen) atoms. The van der Waals surface area contributed by atoms with Crippen molar-refractivity contribution < 1.29 is 35.3 Å². The highest BCUT2D eigenvalue weighted by molar-refractivity contribution is 8.34. The maximum absolute atomic E-state index is 13.9. The molecule has 1 heterocycles. The van der Waals surface area contributed by atoms with Gasteiger partial charge in [-0.25, -0.2) is 4.79 Å². The topological polar surface area (TPSA) is 26.3 Å². The monoisotopic (exact) mass is 372 g/mol. The third-order valence-corrected chi connectivity index (χ3v) is 6.35. The van der Waals surface area contributed by atoms with E-state index in [0.717, 1.165) is 6.07 Å². The molecule has 0 bridgehead atoms. The van der Waals surface area contributed by atoms with Crippen molar-refractivity contribution in [3.63, 3.8) is 0 Å². The summed E-state index contributed by atoms with van der Waals surface area (Å²) >= 11 is 0. The molecule has 0 fully saturated rings. The van der Waals surface area contributed by atoms with Gasteiger partial charge in [0, 0.05) is 9.80 Å². The summed E-state index contributed by atoms with van der Waals surface area (Å²) in [5.41, 5.74) is -5.03. The molecule has 2 rings (SSSR count). The van der Waals surface area contributed by atoms with Gasteiger partial charge in [0.1, 0.15) is 0 Å². The molecule has 1 atom stereocenters. The van der Waals surface area contributed by atoms with E-state index in [1.807, 2.05) is 0 Å². The van der Waals surface area contributed by atoms with Gasteiger partial charge in [-0.2, -0.15) is 26.3 Å². The summed E-state index contributed by atoms with van der Waals surface area (Å²) in [4.78, 5) is 10.5. The molecule has 2 nitrogen and oxygen atoms in total. The highest BCUT2D eigenvalue weighted by atomic mass is 32.3. The zero-order valence-corrected chi connectivity index (χ0v) is 13.5. The Labute approximate surface area is 136 Å². The third-order valence-electron chi connectivity index (χ3n) is 3.28. The van der Waals surface area contributed by atoms with Crippen LogP contribution < -0.4 is 0 Å². The smallest absolute Gasteiger partial charge is 0.392 e. The minimum atomic E-state index is -5.51. The van der Waals surface area contributed by atoms with E-state index in [1.54, 1.807) is 13.8 Å². The molecule has 0 amide bonds. The Balaban J connectivity index is 2.66. The Bertz CT molecular complexity index is 677. The summed E-state index contributed by atoms with van der Waals surface area (Å²) in [7, 11) is -4.56. The van der Waals surface area contributed by atoms with Crippen LogP contribution in [0.4, 0.5) is 26.3 Å². The van der Waals surface area contributed by atoms with E-state index < -0.39 is 32.9 Å². The lowest BCUT2D eigenvalue weighted by Gasteiger charge is -2.40. The van der Waals surface area contributed by atoms with Crippen molar-refractivity contribution in [2.45, 2.75) is 36.8 Å². The lowest BCUT2D eigenvalue weighted by Crippen LogP contribution is -2.32. The number of rotatable bonds is 3. The van der Waals surface area contributed by atoms with Crippen LogP contribution in [0.2, 0.25) is 0 Å². The molecule has 134 valence electrons. The zero-order chi connectivity index (χ0) is 18.3. The number of hydrogen-bond donors (Lipinski definition) is 0. The second-order valence-electron chi connectivity index (χ2n) is 5.62. The fourth-order valence-electron chi connectivity index (χ4n) is 2.42. The minimum absolute atomic E-state index is 0.121. The number of carbonyl (C=O) groups is 1. The first-order chi connectivity index (χ1) is 10.9. The minimum Gasteiger partial charge on any atom is -0.392 e. The van der Waals surface area contributed by atoms with Crippen LogP contribution in [0.5, 0.6) is 0 Å². The van der Waals surface area contributed by atoms with E-state index in [-0.39, 0.29) is 22.8 Å². The van der Waals surface area contributed by atoms with Crippen LogP contribution in [0, 0.1) is 5.92 Å². The molecule has 0 aliphatic carbocycles. The summed E-state index contributed by atoms with van der Waals surface area (Å²) in [5.74, 6) is -3.09. The van der Waals surface area contributed by atoms with Crippen molar-refractivity contribution in [1.29, 1.82) is 0 Å². The molecule has 1 aliphatic rings. The van der Waals surface area contributed by atoms with E-state index in [1.165, 1.54) is 24.3 Å². The van der Waals surface area contributed by atoms with Gasteiger partial charge in [-0.3, -0.25) is 0 Å². The van der Waals surface area contributed by atoms with Gasteiger partial charge in [0.2, 0.25) is 0 Å². The third kappa shape index (κ3) is 3.13. The van der Waals surface area contributed by atoms with E-state index in [9.17, 15) is 31.1 Å². The van der Waals surface area contributed by atoms with Crippen LogP contribution >= 0.6 is 10.3 Å². The summed E-state index contributed by atoms with van der Waals surface area (Å²) in [6.07, 6.45) is -4.46. The number of allylic oxidation sites excluding steroid dienone is 1. The van der Waals surface area contributed by atoms with Gasteiger partial charge < -0.3 is 4.18 Å². The highest BCUT2D eigenvalue weighted by Gasteiger charge is 2.62. The van der Waals surface area contributed by atoms with Gasteiger partial charge in [0.25, 0.3) is 0 Å². The number of hydrogen-bond acceptors (Lipinski definition) is 2. The molecule has 0 saturated carbocycles. The molecule has 1 unspecified atom stereocenters. The first kappa shape index (κ1) is 18.7. The van der Waals surface area contributed by atoms with Gasteiger partial charge in [-0.1, -0.05) is 32.0 Å². The van der Waals surface area contributed by atoms with Crippen LogP contribution in [0.25, 0.3) is 6.08 Å². The first-order valence-electron chi connectivity index (χ1n) is 6.89. The lowest BCUT2D eigenvalue weighted by molar-refractivity contribution is -0.189. The highest BCUT2D eigenvalue weighted by Crippen LogP contribution is 2.78. The van der Waals surface area contributed by atoms with Gasteiger partial charge in [0.05, 0.1) is 10.3 Å². The quantitative estimate of drug-likeness (QED) is 0.628. The van der Waals surface area contributed by atoms with Crippen molar-refractivity contribution in [1.82, 2.24) is 0 Å². The molecule has 0 aromatic heterocycles. The van der Waals surface area contributed by atoms with E-state index in [2.05, 4.69) is 4.18 Å². The summed E-state index contributed by atoms with van der Waals surface area (Å²) < 4.78 is 83.6. The average Bonchev–Trinajstić information content (AvgIpc) is 2.71. The SMILES string of the molecule is CC(C)CC1=Cc2ccccc2S1(OC(=O)C(F)(F)F)C(F)(F)F. The maximum atomic E-state index is 13.9. The second kappa shape index (κ2) is 6.02. The molecule has 1 aliphatic heterocycles. The Hall–Kier alpha value is -1.64. The second-order valence-corrected chi connectivity index (χ2v) is 8.32. The molecular weight excluding hydrogens is 358 g/mol. The predicted octanol–water partition coefficient (Wildman–Crippen LogP) is 5.79. The van der Waals surface area contributed by atoms with Crippen LogP contribution in [0.3, 0.4) is 0 Å².